The highest BCUT2D eigenvalue weighted by Gasteiger charge is 2.41. The molecule has 6 heteroatoms. The van der Waals surface area contributed by atoms with E-state index in [4.69, 9.17) is 4.74 Å². The van der Waals surface area contributed by atoms with Gasteiger partial charge in [-0.3, -0.25) is 14.5 Å². The average Bonchev–Trinajstić information content (AvgIpc) is 2.89. The number of rotatable bonds is 6. The van der Waals surface area contributed by atoms with E-state index in [9.17, 15) is 18.4 Å². The lowest BCUT2D eigenvalue weighted by atomic mass is 9.93. The van der Waals surface area contributed by atoms with Crippen molar-refractivity contribution in [1.82, 2.24) is 4.90 Å². The summed E-state index contributed by atoms with van der Waals surface area (Å²) in [4.78, 5) is 25.3. The van der Waals surface area contributed by atoms with Gasteiger partial charge in [0.05, 0.1) is 12.5 Å². The molecule has 0 amide bonds. The van der Waals surface area contributed by atoms with Crippen molar-refractivity contribution in [3.8, 4) is 0 Å². The first-order valence-electron chi connectivity index (χ1n) is 7.19. The Balaban J connectivity index is 1.95. The number of carbonyl (C=O) groups is 2. The van der Waals surface area contributed by atoms with Crippen LogP contribution in [0.1, 0.15) is 12.5 Å². The molecule has 120 valence electrons. The van der Waals surface area contributed by atoms with E-state index in [0.29, 0.717) is 0 Å². The highest BCUT2D eigenvalue weighted by atomic mass is 19.3. The van der Waals surface area contributed by atoms with Crippen molar-refractivity contribution < 1.29 is 23.1 Å². The van der Waals surface area contributed by atoms with E-state index in [1.54, 1.807) is 0 Å². The number of hydrogen-bond acceptors (Lipinski definition) is 4. The molecule has 0 radical (unpaired) electrons. The number of hydrogen-bond donors (Lipinski definition) is 0. The minimum Gasteiger partial charge on any atom is -0.461 e. The van der Waals surface area contributed by atoms with Crippen molar-refractivity contribution >= 4 is 11.8 Å². The van der Waals surface area contributed by atoms with E-state index in [-0.39, 0.29) is 25.5 Å². The van der Waals surface area contributed by atoms with Gasteiger partial charge in [-0.25, -0.2) is 8.78 Å². The van der Waals surface area contributed by atoms with Gasteiger partial charge in [-0.1, -0.05) is 30.3 Å². The molecule has 0 bridgehead atoms. The summed E-state index contributed by atoms with van der Waals surface area (Å²) < 4.78 is 30.2. The molecule has 2 rings (SSSR count). The summed E-state index contributed by atoms with van der Waals surface area (Å²) in [6.45, 7) is 1.41. The predicted octanol–water partition coefficient (Wildman–Crippen LogP) is 2.13. The zero-order valence-corrected chi connectivity index (χ0v) is 12.4. The normalized spacial score (nSPS) is 22.0. The molecule has 1 heterocycles. The number of Topliss-reactive ketones (excluding diaryl/α,β-unsaturated/α-hetero) is 1. The lowest BCUT2D eigenvalue weighted by molar-refractivity contribution is -0.152. The zero-order chi connectivity index (χ0) is 16.1. The van der Waals surface area contributed by atoms with Crippen molar-refractivity contribution in [2.75, 3.05) is 19.6 Å². The molecule has 0 N–H and O–H groups in total. The van der Waals surface area contributed by atoms with Crippen molar-refractivity contribution in [3.05, 3.63) is 35.9 Å². The molecule has 4 nitrogen and oxygen atoms in total. The molecule has 0 aliphatic carbocycles. The summed E-state index contributed by atoms with van der Waals surface area (Å²) in [6, 6.07) is 9.18. The van der Waals surface area contributed by atoms with Gasteiger partial charge in [-0.2, -0.15) is 0 Å². The number of halogens is 2. The van der Waals surface area contributed by atoms with E-state index in [0.717, 1.165) is 5.56 Å². The summed E-state index contributed by atoms with van der Waals surface area (Å²) in [5.74, 6) is -1.90. The smallest absolute Gasteiger partial charge is 0.311 e. The summed E-state index contributed by atoms with van der Waals surface area (Å²) in [5.41, 5.74) is 0.845. The third-order valence-electron chi connectivity index (χ3n) is 3.84. The average molecular weight is 311 g/mol. The molecular weight excluding hydrogens is 292 g/mol. The van der Waals surface area contributed by atoms with Crippen LogP contribution in [0.2, 0.25) is 0 Å². The van der Waals surface area contributed by atoms with Crippen LogP contribution in [-0.2, 0) is 20.9 Å². The molecule has 1 saturated heterocycles. The Morgan fingerprint density at radius 2 is 1.86 bits per heavy atom. The summed E-state index contributed by atoms with van der Waals surface area (Å²) in [6.07, 6.45) is -2.48. The fourth-order valence-corrected chi connectivity index (χ4v) is 2.72. The van der Waals surface area contributed by atoms with Crippen LogP contribution in [0, 0.1) is 11.8 Å². The van der Waals surface area contributed by atoms with E-state index in [1.165, 1.54) is 11.8 Å². The maximum Gasteiger partial charge on any atom is 0.311 e. The number of esters is 1. The van der Waals surface area contributed by atoms with Crippen LogP contribution in [0.4, 0.5) is 8.78 Å². The van der Waals surface area contributed by atoms with Gasteiger partial charge in [0, 0.05) is 19.0 Å². The number of ketones is 1. The van der Waals surface area contributed by atoms with Gasteiger partial charge < -0.3 is 4.74 Å². The van der Waals surface area contributed by atoms with Crippen LogP contribution in [0.5, 0.6) is 0 Å². The Labute approximate surface area is 128 Å². The van der Waals surface area contributed by atoms with Gasteiger partial charge in [0.2, 0.25) is 0 Å². The second kappa shape index (κ2) is 7.45. The monoisotopic (exact) mass is 311 g/mol. The molecule has 1 aliphatic rings. The van der Waals surface area contributed by atoms with Crippen molar-refractivity contribution in [1.29, 1.82) is 0 Å². The minimum absolute atomic E-state index is 0.121. The summed E-state index contributed by atoms with van der Waals surface area (Å²) in [5, 5.41) is 0. The lowest BCUT2D eigenvalue weighted by Gasteiger charge is -2.15. The van der Waals surface area contributed by atoms with E-state index in [1.807, 2.05) is 30.3 Å². The molecule has 22 heavy (non-hydrogen) atoms. The second-order valence-corrected chi connectivity index (χ2v) is 5.53. The maximum atomic E-state index is 12.5. The number of carbonyl (C=O) groups excluding carboxylic acids is 2. The van der Waals surface area contributed by atoms with Crippen LogP contribution in [0.25, 0.3) is 0 Å². The number of nitrogens with zero attached hydrogens (tertiary/aromatic N) is 1. The molecule has 2 atom stereocenters. The fourth-order valence-electron chi connectivity index (χ4n) is 2.72. The fraction of sp³-hybridized carbons (Fsp3) is 0.500. The third-order valence-corrected chi connectivity index (χ3v) is 3.84. The predicted molar refractivity (Wildman–Crippen MR) is 76.3 cm³/mol. The standard InChI is InChI=1S/C16H19F2NO3/c1-11(20)13-7-19(9-15(17)18)8-14(13)16(21)22-10-12-5-3-2-4-6-12/h2-6,13-15H,7-10H2,1H3/t13-,14+/m1/s1. The number of alkyl halides is 2. The minimum atomic E-state index is -2.48. The molecule has 0 saturated carbocycles. The molecule has 0 spiro atoms. The maximum absolute atomic E-state index is 12.5. The molecule has 0 aromatic heterocycles. The van der Waals surface area contributed by atoms with Crippen LogP contribution in [-0.4, -0.2) is 42.7 Å². The van der Waals surface area contributed by atoms with Crippen molar-refractivity contribution in [2.24, 2.45) is 11.8 Å². The van der Waals surface area contributed by atoms with Gasteiger partial charge in [0.1, 0.15) is 12.4 Å². The van der Waals surface area contributed by atoms with Crippen molar-refractivity contribution in [3.63, 3.8) is 0 Å². The van der Waals surface area contributed by atoms with Crippen molar-refractivity contribution in [2.45, 2.75) is 20.0 Å². The number of benzene rings is 1. The van der Waals surface area contributed by atoms with Gasteiger partial charge in [-0.05, 0) is 12.5 Å². The quantitative estimate of drug-likeness (QED) is 0.755. The summed E-state index contributed by atoms with van der Waals surface area (Å²) >= 11 is 0. The SMILES string of the molecule is CC(=O)[C@H]1CN(CC(F)F)C[C@@H]1C(=O)OCc1ccccc1. The first kappa shape index (κ1) is 16.5. The van der Waals surface area contributed by atoms with Gasteiger partial charge in [0.15, 0.2) is 0 Å². The largest absolute Gasteiger partial charge is 0.461 e. The lowest BCUT2D eigenvalue weighted by Crippen LogP contribution is -2.29. The van der Waals surface area contributed by atoms with Gasteiger partial charge >= 0.3 is 5.97 Å². The Hall–Kier alpha value is -1.82. The van der Waals surface area contributed by atoms with Crippen LogP contribution < -0.4 is 0 Å². The topological polar surface area (TPSA) is 46.6 Å². The molecule has 1 aliphatic heterocycles. The first-order chi connectivity index (χ1) is 10.5. The second-order valence-electron chi connectivity index (χ2n) is 5.53. The highest BCUT2D eigenvalue weighted by Crippen LogP contribution is 2.26. The molecule has 1 aromatic rings. The van der Waals surface area contributed by atoms with E-state index < -0.39 is 30.8 Å². The van der Waals surface area contributed by atoms with E-state index >= 15 is 0 Å². The zero-order valence-electron chi connectivity index (χ0n) is 12.4. The third kappa shape index (κ3) is 4.34. The summed E-state index contributed by atoms with van der Waals surface area (Å²) in [7, 11) is 0. The Bertz CT molecular complexity index is 521. The van der Waals surface area contributed by atoms with Gasteiger partial charge in [0.25, 0.3) is 6.43 Å². The van der Waals surface area contributed by atoms with Crippen LogP contribution in [0.15, 0.2) is 30.3 Å². The highest BCUT2D eigenvalue weighted by molar-refractivity contribution is 5.86. The van der Waals surface area contributed by atoms with Crippen LogP contribution >= 0.6 is 0 Å². The Morgan fingerprint density at radius 1 is 1.23 bits per heavy atom. The van der Waals surface area contributed by atoms with Crippen LogP contribution in [0.3, 0.4) is 0 Å². The number of likely N-dealkylation sites (tertiary alicyclic amines) is 1. The Morgan fingerprint density at radius 3 is 2.45 bits per heavy atom. The molecular formula is C16H19F2NO3. The first-order valence-corrected chi connectivity index (χ1v) is 7.19. The Kier molecular flexibility index (Phi) is 5.60. The van der Waals surface area contributed by atoms with E-state index in [2.05, 4.69) is 0 Å². The molecule has 1 fully saturated rings. The molecule has 0 unspecified atom stereocenters. The molecule has 1 aromatic carbocycles. The number of ether oxygens (including phenoxy) is 1. The van der Waals surface area contributed by atoms with Gasteiger partial charge in [-0.15, -0.1) is 0 Å².